The van der Waals surface area contributed by atoms with Crippen LogP contribution in [-0.2, 0) is 11.2 Å². The lowest BCUT2D eigenvalue weighted by molar-refractivity contribution is -0.125. The smallest absolute Gasteiger partial charge is 0.136 e. The molecule has 2 rings (SSSR count). The van der Waals surface area contributed by atoms with Crippen molar-refractivity contribution in [2.45, 2.75) is 32.6 Å². The van der Waals surface area contributed by atoms with E-state index in [2.05, 4.69) is 28.9 Å². The predicted octanol–water partition coefficient (Wildman–Crippen LogP) is 4.00. The Hall–Kier alpha value is -0.630. The van der Waals surface area contributed by atoms with Crippen LogP contribution in [0, 0.1) is 11.8 Å². The Morgan fingerprint density at radius 3 is 2.88 bits per heavy atom. The fourth-order valence-electron chi connectivity index (χ4n) is 2.45. The van der Waals surface area contributed by atoms with Crippen LogP contribution in [0.1, 0.15) is 31.7 Å². The fourth-order valence-corrected chi connectivity index (χ4v) is 2.90. The van der Waals surface area contributed by atoms with Crippen molar-refractivity contribution in [1.29, 1.82) is 0 Å². The SMILES string of the molecule is CC1CCC(=O)C(Cc2ccccc2Br)C1. The summed E-state index contributed by atoms with van der Waals surface area (Å²) < 4.78 is 1.13. The van der Waals surface area contributed by atoms with E-state index in [1.807, 2.05) is 18.2 Å². The van der Waals surface area contributed by atoms with E-state index in [4.69, 9.17) is 0 Å². The van der Waals surface area contributed by atoms with Gasteiger partial charge < -0.3 is 0 Å². The quantitative estimate of drug-likeness (QED) is 0.801. The Morgan fingerprint density at radius 1 is 1.38 bits per heavy atom. The van der Waals surface area contributed by atoms with Crippen LogP contribution in [-0.4, -0.2) is 5.78 Å². The van der Waals surface area contributed by atoms with E-state index in [1.165, 1.54) is 5.56 Å². The van der Waals surface area contributed by atoms with Gasteiger partial charge in [0, 0.05) is 16.8 Å². The summed E-state index contributed by atoms with van der Waals surface area (Å²) in [5.74, 6) is 1.39. The molecule has 86 valence electrons. The van der Waals surface area contributed by atoms with Crippen LogP contribution in [0.2, 0.25) is 0 Å². The molecule has 0 saturated heterocycles. The van der Waals surface area contributed by atoms with Gasteiger partial charge in [-0.3, -0.25) is 4.79 Å². The summed E-state index contributed by atoms with van der Waals surface area (Å²) in [5, 5.41) is 0. The average Bonchev–Trinajstić information content (AvgIpc) is 2.27. The van der Waals surface area contributed by atoms with Gasteiger partial charge in [0.25, 0.3) is 0 Å². The van der Waals surface area contributed by atoms with Gasteiger partial charge in [0.15, 0.2) is 0 Å². The number of ketones is 1. The molecule has 16 heavy (non-hydrogen) atoms. The number of hydrogen-bond acceptors (Lipinski definition) is 1. The monoisotopic (exact) mass is 280 g/mol. The summed E-state index contributed by atoms with van der Waals surface area (Å²) >= 11 is 3.55. The van der Waals surface area contributed by atoms with Crippen molar-refractivity contribution < 1.29 is 4.79 Å². The number of benzene rings is 1. The lowest BCUT2D eigenvalue weighted by atomic mass is 9.78. The summed E-state index contributed by atoms with van der Waals surface area (Å²) in [6.45, 7) is 2.25. The molecule has 0 aromatic heterocycles. The second-order valence-electron chi connectivity index (χ2n) is 4.84. The van der Waals surface area contributed by atoms with E-state index < -0.39 is 0 Å². The van der Waals surface area contributed by atoms with E-state index in [1.54, 1.807) is 0 Å². The van der Waals surface area contributed by atoms with Crippen LogP contribution in [0.5, 0.6) is 0 Å². The standard InChI is InChI=1S/C14H17BrO/c1-10-6-7-14(16)12(8-10)9-11-4-2-3-5-13(11)15/h2-5,10,12H,6-9H2,1H3. The first-order valence-electron chi connectivity index (χ1n) is 5.93. The molecule has 2 unspecified atom stereocenters. The number of carbonyl (C=O) groups excluding carboxylic acids is 1. The van der Waals surface area contributed by atoms with Gasteiger partial charge in [0.2, 0.25) is 0 Å². The van der Waals surface area contributed by atoms with Gasteiger partial charge in [0.1, 0.15) is 5.78 Å². The average molecular weight is 281 g/mol. The van der Waals surface area contributed by atoms with Gasteiger partial charge in [-0.05, 0) is 36.8 Å². The van der Waals surface area contributed by atoms with Crippen LogP contribution in [0.25, 0.3) is 0 Å². The summed E-state index contributed by atoms with van der Waals surface area (Å²) in [7, 11) is 0. The molecule has 0 radical (unpaired) electrons. The first kappa shape index (κ1) is 11.8. The highest BCUT2D eigenvalue weighted by Crippen LogP contribution is 2.30. The van der Waals surface area contributed by atoms with Crippen molar-refractivity contribution in [2.75, 3.05) is 0 Å². The van der Waals surface area contributed by atoms with E-state index in [9.17, 15) is 4.79 Å². The minimum atomic E-state index is 0.238. The van der Waals surface area contributed by atoms with Crippen molar-refractivity contribution >= 4 is 21.7 Å². The first-order chi connectivity index (χ1) is 7.66. The van der Waals surface area contributed by atoms with E-state index in [-0.39, 0.29) is 5.92 Å². The molecule has 1 aliphatic carbocycles. The van der Waals surface area contributed by atoms with Crippen LogP contribution >= 0.6 is 15.9 Å². The Bertz CT molecular complexity index is 386. The minimum Gasteiger partial charge on any atom is -0.299 e. The normalized spacial score (nSPS) is 25.8. The van der Waals surface area contributed by atoms with Gasteiger partial charge in [-0.25, -0.2) is 0 Å². The van der Waals surface area contributed by atoms with E-state index in [0.717, 1.165) is 30.2 Å². The van der Waals surface area contributed by atoms with Crippen molar-refractivity contribution in [3.8, 4) is 0 Å². The number of hydrogen-bond donors (Lipinski definition) is 0. The number of carbonyl (C=O) groups is 1. The molecule has 1 saturated carbocycles. The molecule has 1 nitrogen and oxygen atoms in total. The maximum atomic E-state index is 11.8. The third-order valence-corrected chi connectivity index (χ3v) is 4.22. The molecule has 2 atom stereocenters. The van der Waals surface area contributed by atoms with Gasteiger partial charge in [-0.1, -0.05) is 41.1 Å². The van der Waals surface area contributed by atoms with Gasteiger partial charge in [-0.15, -0.1) is 0 Å². The molecule has 0 aliphatic heterocycles. The number of halogens is 1. The molecule has 1 aromatic carbocycles. The highest BCUT2D eigenvalue weighted by atomic mass is 79.9. The fraction of sp³-hybridized carbons (Fsp3) is 0.500. The summed E-state index contributed by atoms with van der Waals surface area (Å²) in [4.78, 5) is 11.8. The maximum absolute atomic E-state index is 11.8. The summed E-state index contributed by atoms with van der Waals surface area (Å²) in [5.41, 5.74) is 1.26. The van der Waals surface area contributed by atoms with Crippen LogP contribution in [0.3, 0.4) is 0 Å². The third kappa shape index (κ3) is 2.73. The molecule has 1 aliphatic rings. The summed E-state index contributed by atoms with van der Waals surface area (Å²) in [6, 6.07) is 8.21. The minimum absolute atomic E-state index is 0.238. The summed E-state index contributed by atoms with van der Waals surface area (Å²) in [6.07, 6.45) is 3.80. The lowest BCUT2D eigenvalue weighted by Gasteiger charge is -2.25. The topological polar surface area (TPSA) is 17.1 Å². The predicted molar refractivity (Wildman–Crippen MR) is 69.4 cm³/mol. The molecule has 0 amide bonds. The van der Waals surface area contributed by atoms with Crippen molar-refractivity contribution in [3.05, 3.63) is 34.3 Å². The number of rotatable bonds is 2. The Labute approximate surface area is 105 Å². The first-order valence-corrected chi connectivity index (χ1v) is 6.72. The Kier molecular flexibility index (Phi) is 3.80. The highest BCUT2D eigenvalue weighted by molar-refractivity contribution is 9.10. The second-order valence-corrected chi connectivity index (χ2v) is 5.69. The third-order valence-electron chi connectivity index (χ3n) is 3.45. The molecule has 2 heteroatoms. The zero-order valence-corrected chi connectivity index (χ0v) is 11.2. The van der Waals surface area contributed by atoms with Gasteiger partial charge >= 0.3 is 0 Å². The van der Waals surface area contributed by atoms with Crippen LogP contribution < -0.4 is 0 Å². The zero-order valence-electron chi connectivity index (χ0n) is 9.58. The molecule has 0 heterocycles. The molecular formula is C14H17BrO. The van der Waals surface area contributed by atoms with Gasteiger partial charge in [-0.2, -0.15) is 0 Å². The Balaban J connectivity index is 2.09. The second kappa shape index (κ2) is 5.13. The van der Waals surface area contributed by atoms with Gasteiger partial charge in [0.05, 0.1) is 0 Å². The van der Waals surface area contributed by atoms with Crippen molar-refractivity contribution in [3.63, 3.8) is 0 Å². The molecule has 0 bridgehead atoms. The van der Waals surface area contributed by atoms with Crippen molar-refractivity contribution in [1.82, 2.24) is 0 Å². The van der Waals surface area contributed by atoms with Crippen molar-refractivity contribution in [2.24, 2.45) is 11.8 Å². The molecule has 1 fully saturated rings. The molecule has 0 spiro atoms. The molecule has 0 N–H and O–H groups in total. The lowest BCUT2D eigenvalue weighted by Crippen LogP contribution is -2.25. The Morgan fingerprint density at radius 2 is 2.12 bits per heavy atom. The van der Waals surface area contributed by atoms with Crippen LogP contribution in [0.4, 0.5) is 0 Å². The van der Waals surface area contributed by atoms with E-state index in [0.29, 0.717) is 11.7 Å². The molecular weight excluding hydrogens is 264 g/mol. The maximum Gasteiger partial charge on any atom is 0.136 e. The number of Topliss-reactive ketones (excluding diaryl/α,β-unsaturated/α-hetero) is 1. The largest absolute Gasteiger partial charge is 0.299 e. The molecule has 1 aromatic rings. The van der Waals surface area contributed by atoms with Crippen LogP contribution in [0.15, 0.2) is 28.7 Å². The highest BCUT2D eigenvalue weighted by Gasteiger charge is 2.26. The van der Waals surface area contributed by atoms with E-state index >= 15 is 0 Å². The zero-order chi connectivity index (χ0) is 11.5.